The van der Waals surface area contributed by atoms with Crippen molar-refractivity contribution >= 4 is 43.5 Å². The lowest BCUT2D eigenvalue weighted by Gasteiger charge is -2.20. The Hall–Kier alpha value is -4.82. The summed E-state index contributed by atoms with van der Waals surface area (Å²) < 4.78 is 33.0. The molecule has 0 atom stereocenters. The van der Waals surface area contributed by atoms with Crippen molar-refractivity contribution in [2.45, 2.75) is 6.92 Å². The van der Waals surface area contributed by atoms with E-state index in [1.165, 1.54) is 11.4 Å². The first-order chi connectivity index (χ1) is 19.6. The summed E-state index contributed by atoms with van der Waals surface area (Å²) >= 11 is 0. The quantitative estimate of drug-likeness (QED) is 0.229. The van der Waals surface area contributed by atoms with Crippen LogP contribution in [0.5, 0.6) is 0 Å². The zero-order valence-electron chi connectivity index (χ0n) is 23.1. The number of fused-ring (bicyclic) bond motifs is 2. The molecule has 4 aromatic carbocycles. The van der Waals surface area contributed by atoms with E-state index in [-0.39, 0.29) is 5.91 Å². The molecule has 0 radical (unpaired) electrons. The number of hydrogen-bond donors (Lipinski definition) is 2. The average molecular weight is 564 g/mol. The molecule has 0 aliphatic carbocycles. The molecule has 206 valence electrons. The van der Waals surface area contributed by atoms with Gasteiger partial charge < -0.3 is 14.7 Å². The highest BCUT2D eigenvalue weighted by molar-refractivity contribution is 7.92. The standard InChI is InChI=1S/C33H29N3O4S/c1-20-10-12-22(13-11-20)32-31(33(37)34-2)26-18-25(29(19-30(26)40-32)36(3)41(4,38)39)23-14-15-27-24(16-23)17-28(35-27)21-8-6-5-7-9-21/h5-19,35H,1-4H3,(H,34,37). The number of hydrogen-bond acceptors (Lipinski definition) is 4. The molecule has 0 saturated heterocycles. The van der Waals surface area contributed by atoms with Gasteiger partial charge in [-0.3, -0.25) is 9.10 Å². The number of anilines is 1. The van der Waals surface area contributed by atoms with Crippen LogP contribution in [0.2, 0.25) is 0 Å². The van der Waals surface area contributed by atoms with Crippen LogP contribution in [0.15, 0.2) is 95.4 Å². The fraction of sp³-hybridized carbons (Fsp3) is 0.121. The van der Waals surface area contributed by atoms with Crippen LogP contribution < -0.4 is 9.62 Å². The molecule has 1 amide bonds. The van der Waals surface area contributed by atoms with Gasteiger partial charge in [-0.1, -0.05) is 66.2 Å². The zero-order chi connectivity index (χ0) is 28.9. The highest BCUT2D eigenvalue weighted by Gasteiger charge is 2.26. The van der Waals surface area contributed by atoms with Crippen molar-refractivity contribution in [3.05, 3.63) is 102 Å². The van der Waals surface area contributed by atoms with Gasteiger partial charge in [0, 0.05) is 53.3 Å². The van der Waals surface area contributed by atoms with E-state index >= 15 is 0 Å². The van der Waals surface area contributed by atoms with E-state index in [1.807, 2.05) is 85.8 Å². The predicted octanol–water partition coefficient (Wildman–Crippen LogP) is 6.98. The minimum atomic E-state index is -3.60. The van der Waals surface area contributed by atoms with Crippen LogP contribution in [-0.2, 0) is 10.0 Å². The van der Waals surface area contributed by atoms with Gasteiger partial charge in [-0.15, -0.1) is 0 Å². The number of benzene rings is 4. The van der Waals surface area contributed by atoms with Gasteiger partial charge in [-0.25, -0.2) is 8.42 Å². The maximum atomic E-state index is 13.2. The first-order valence-corrected chi connectivity index (χ1v) is 15.0. The molecule has 0 bridgehead atoms. The molecule has 0 saturated carbocycles. The second-order valence-corrected chi connectivity index (χ2v) is 12.2. The largest absolute Gasteiger partial charge is 0.455 e. The summed E-state index contributed by atoms with van der Waals surface area (Å²) in [5.74, 6) is 0.140. The third-order valence-corrected chi connectivity index (χ3v) is 8.62. The number of aryl methyl sites for hydroxylation is 1. The van der Waals surface area contributed by atoms with E-state index in [4.69, 9.17) is 4.42 Å². The predicted molar refractivity (Wildman–Crippen MR) is 166 cm³/mol. The van der Waals surface area contributed by atoms with Crippen LogP contribution in [0, 0.1) is 6.92 Å². The van der Waals surface area contributed by atoms with Crippen LogP contribution in [-0.4, -0.2) is 39.7 Å². The van der Waals surface area contributed by atoms with Gasteiger partial charge in [0.1, 0.15) is 11.3 Å². The van der Waals surface area contributed by atoms with Crippen molar-refractivity contribution < 1.29 is 17.6 Å². The van der Waals surface area contributed by atoms with Crippen LogP contribution in [0.4, 0.5) is 5.69 Å². The Morgan fingerprint density at radius 2 is 1.59 bits per heavy atom. The van der Waals surface area contributed by atoms with E-state index in [2.05, 4.69) is 16.4 Å². The van der Waals surface area contributed by atoms with E-state index < -0.39 is 10.0 Å². The Morgan fingerprint density at radius 3 is 2.27 bits per heavy atom. The van der Waals surface area contributed by atoms with E-state index in [0.29, 0.717) is 33.5 Å². The molecular weight excluding hydrogens is 534 g/mol. The number of aromatic amines is 1. The minimum Gasteiger partial charge on any atom is -0.455 e. The maximum Gasteiger partial charge on any atom is 0.255 e. The van der Waals surface area contributed by atoms with Crippen molar-refractivity contribution in [2.75, 3.05) is 24.7 Å². The molecule has 6 aromatic rings. The third-order valence-electron chi connectivity index (χ3n) is 7.43. The van der Waals surface area contributed by atoms with Gasteiger partial charge >= 0.3 is 0 Å². The number of nitrogens with one attached hydrogen (secondary N) is 2. The molecular formula is C33H29N3O4S. The van der Waals surface area contributed by atoms with E-state index in [0.717, 1.165) is 45.1 Å². The molecule has 2 heterocycles. The number of aromatic nitrogens is 1. The minimum absolute atomic E-state index is 0.289. The second kappa shape index (κ2) is 9.98. The van der Waals surface area contributed by atoms with Gasteiger partial charge in [-0.2, -0.15) is 0 Å². The van der Waals surface area contributed by atoms with Crippen LogP contribution >= 0.6 is 0 Å². The van der Waals surface area contributed by atoms with Crippen molar-refractivity contribution in [2.24, 2.45) is 0 Å². The second-order valence-electron chi connectivity index (χ2n) is 10.2. The normalized spacial score (nSPS) is 11.7. The molecule has 41 heavy (non-hydrogen) atoms. The van der Waals surface area contributed by atoms with Gasteiger partial charge in [0.2, 0.25) is 10.0 Å². The topological polar surface area (TPSA) is 95.4 Å². The smallest absolute Gasteiger partial charge is 0.255 e. The maximum absolute atomic E-state index is 13.2. The summed E-state index contributed by atoms with van der Waals surface area (Å²) in [6, 6.07) is 29.4. The number of rotatable bonds is 6. The summed E-state index contributed by atoms with van der Waals surface area (Å²) in [6.07, 6.45) is 1.16. The molecule has 0 unspecified atom stereocenters. The third kappa shape index (κ3) is 4.76. The van der Waals surface area contributed by atoms with Crippen molar-refractivity contribution in [1.82, 2.24) is 10.3 Å². The van der Waals surface area contributed by atoms with Gasteiger partial charge in [0.15, 0.2) is 0 Å². The van der Waals surface area contributed by atoms with Crippen LogP contribution in [0.25, 0.3) is 55.6 Å². The Kier molecular flexibility index (Phi) is 6.43. The highest BCUT2D eigenvalue weighted by Crippen LogP contribution is 2.42. The van der Waals surface area contributed by atoms with Crippen LogP contribution in [0.1, 0.15) is 15.9 Å². The number of sulfonamides is 1. The number of carbonyl (C=O) groups excluding carboxylic acids is 1. The first kappa shape index (κ1) is 26.4. The Bertz CT molecular complexity index is 2040. The lowest BCUT2D eigenvalue weighted by atomic mass is 9.97. The van der Waals surface area contributed by atoms with Crippen molar-refractivity contribution in [1.29, 1.82) is 0 Å². The number of furan rings is 1. The molecule has 7 nitrogen and oxygen atoms in total. The summed E-state index contributed by atoms with van der Waals surface area (Å²) in [5, 5.41) is 4.31. The SMILES string of the molecule is CNC(=O)c1c(-c2ccc(C)cc2)oc2cc(N(C)S(C)(=O)=O)c(-c3ccc4[nH]c(-c5ccccc5)cc4c3)cc12. The molecule has 2 N–H and O–H groups in total. The number of amides is 1. The summed E-state index contributed by atoms with van der Waals surface area (Å²) in [4.78, 5) is 16.7. The summed E-state index contributed by atoms with van der Waals surface area (Å²) in [7, 11) is -0.504. The summed E-state index contributed by atoms with van der Waals surface area (Å²) in [6.45, 7) is 1.99. The molecule has 0 aliphatic heterocycles. The van der Waals surface area contributed by atoms with Crippen LogP contribution in [0.3, 0.4) is 0 Å². The Labute approximate surface area is 238 Å². The van der Waals surface area contributed by atoms with Gasteiger partial charge in [0.25, 0.3) is 5.91 Å². The molecule has 0 aliphatic rings. The van der Waals surface area contributed by atoms with Gasteiger partial charge in [-0.05, 0) is 42.3 Å². The van der Waals surface area contributed by atoms with Gasteiger partial charge in [0.05, 0.1) is 17.5 Å². The number of nitrogens with zero attached hydrogens (tertiary/aromatic N) is 1. The summed E-state index contributed by atoms with van der Waals surface area (Å²) in [5.41, 5.74) is 7.60. The molecule has 0 spiro atoms. The lowest BCUT2D eigenvalue weighted by Crippen LogP contribution is -2.25. The molecule has 2 aromatic heterocycles. The fourth-order valence-corrected chi connectivity index (χ4v) is 5.64. The highest BCUT2D eigenvalue weighted by atomic mass is 32.2. The number of H-pyrrole nitrogens is 1. The molecule has 8 heteroatoms. The molecule has 0 fully saturated rings. The zero-order valence-corrected chi connectivity index (χ0v) is 24.0. The first-order valence-electron chi connectivity index (χ1n) is 13.2. The Balaban J connectivity index is 1.60. The van der Waals surface area contributed by atoms with E-state index in [1.54, 1.807) is 13.1 Å². The monoisotopic (exact) mass is 563 g/mol. The number of carbonyl (C=O) groups is 1. The molecule has 6 rings (SSSR count). The van der Waals surface area contributed by atoms with E-state index in [9.17, 15) is 13.2 Å². The lowest BCUT2D eigenvalue weighted by molar-refractivity contribution is 0.0964. The van der Waals surface area contributed by atoms with Crippen molar-refractivity contribution in [3.8, 4) is 33.7 Å². The van der Waals surface area contributed by atoms with Crippen molar-refractivity contribution in [3.63, 3.8) is 0 Å². The Morgan fingerprint density at radius 1 is 0.878 bits per heavy atom. The average Bonchev–Trinajstić information content (AvgIpc) is 3.57. The fourth-order valence-electron chi connectivity index (χ4n) is 5.13.